The molecule has 0 N–H and O–H groups in total. The van der Waals surface area contributed by atoms with E-state index in [9.17, 15) is 0 Å². The molecule has 0 saturated heterocycles. The fourth-order valence-electron chi connectivity index (χ4n) is 1.44. The van der Waals surface area contributed by atoms with E-state index in [0.717, 1.165) is 26.0 Å². The van der Waals surface area contributed by atoms with Gasteiger partial charge in [-0.15, -0.1) is 0 Å². The maximum Gasteiger partial charge on any atom is 0.159 e. The van der Waals surface area contributed by atoms with E-state index in [2.05, 4.69) is 46.5 Å². The molecular weight excluding hydrogens is 324 g/mol. The Morgan fingerprint density at radius 1 is 1.53 bits per heavy atom. The quantitative estimate of drug-likeness (QED) is 0.784. The predicted molar refractivity (Wildman–Crippen MR) is 70.3 cm³/mol. The van der Waals surface area contributed by atoms with Gasteiger partial charge >= 0.3 is 0 Å². The summed E-state index contributed by atoms with van der Waals surface area (Å²) < 4.78 is 2.89. The molecular formula is C10H11ClIN3. The van der Waals surface area contributed by atoms with E-state index in [0.29, 0.717) is 6.04 Å². The molecule has 3 nitrogen and oxygen atoms in total. The zero-order chi connectivity index (χ0) is 11.0. The minimum absolute atomic E-state index is 0.353. The van der Waals surface area contributed by atoms with Crippen LogP contribution in [-0.2, 0) is 0 Å². The first-order valence-corrected chi connectivity index (χ1v) is 6.28. The van der Waals surface area contributed by atoms with Crippen LogP contribution < -0.4 is 0 Å². The number of hydrogen-bond acceptors (Lipinski definition) is 2. The molecule has 80 valence electrons. The summed E-state index contributed by atoms with van der Waals surface area (Å²) >= 11 is 8.36. The molecule has 2 rings (SSSR count). The van der Waals surface area contributed by atoms with Crippen LogP contribution in [0, 0.1) is 3.57 Å². The highest BCUT2D eigenvalue weighted by atomic mass is 127. The lowest BCUT2D eigenvalue weighted by Crippen LogP contribution is -2.06. The van der Waals surface area contributed by atoms with Gasteiger partial charge in [-0.2, -0.15) is 5.10 Å². The van der Waals surface area contributed by atoms with Crippen LogP contribution in [0.25, 0.3) is 11.0 Å². The molecule has 5 heteroatoms. The average Bonchev–Trinajstić information content (AvgIpc) is 2.66. The molecule has 0 radical (unpaired) electrons. The zero-order valence-electron chi connectivity index (χ0n) is 8.54. The highest BCUT2D eigenvalue weighted by Gasteiger charge is 2.12. The average molecular weight is 336 g/mol. The first kappa shape index (κ1) is 11.1. The Balaban J connectivity index is 2.67. The summed E-state index contributed by atoms with van der Waals surface area (Å²) in [4.78, 5) is 4.38. The molecule has 0 aromatic carbocycles. The number of hydrogen-bond donors (Lipinski definition) is 0. The molecule has 2 aromatic rings. The van der Waals surface area contributed by atoms with Gasteiger partial charge in [0.05, 0.1) is 26.2 Å². The smallest absolute Gasteiger partial charge is 0.159 e. The van der Waals surface area contributed by atoms with Gasteiger partial charge in [-0.25, -0.2) is 9.67 Å². The van der Waals surface area contributed by atoms with Gasteiger partial charge < -0.3 is 0 Å². The highest BCUT2D eigenvalue weighted by molar-refractivity contribution is 14.1. The second-order valence-electron chi connectivity index (χ2n) is 3.50. The van der Waals surface area contributed by atoms with Crippen molar-refractivity contribution in [2.24, 2.45) is 0 Å². The summed E-state index contributed by atoms with van der Waals surface area (Å²) in [7, 11) is 0. The third kappa shape index (κ3) is 1.85. The zero-order valence-corrected chi connectivity index (χ0v) is 11.5. The maximum atomic E-state index is 6.19. The SMILES string of the molecule is CCC(C)n1ncc2c(Cl)c(I)cnc21. The van der Waals surface area contributed by atoms with Crippen LogP contribution in [0.4, 0.5) is 0 Å². The van der Waals surface area contributed by atoms with Gasteiger partial charge in [0.1, 0.15) is 0 Å². The summed E-state index contributed by atoms with van der Waals surface area (Å²) in [6.45, 7) is 4.26. The Hall–Kier alpha value is -0.360. The van der Waals surface area contributed by atoms with Crippen LogP contribution in [0.3, 0.4) is 0 Å². The summed E-state index contributed by atoms with van der Waals surface area (Å²) in [6.07, 6.45) is 4.60. The van der Waals surface area contributed by atoms with E-state index in [1.807, 2.05) is 4.68 Å². The fourth-order valence-corrected chi connectivity index (χ4v) is 2.05. The monoisotopic (exact) mass is 335 g/mol. The van der Waals surface area contributed by atoms with Crippen molar-refractivity contribution in [2.45, 2.75) is 26.3 Å². The largest absolute Gasteiger partial charge is 0.244 e. The standard InChI is InChI=1S/C10H11ClIN3/c1-3-6(2)15-10-7(4-14-15)9(11)8(12)5-13-10/h4-6H,3H2,1-2H3. The van der Waals surface area contributed by atoms with Crippen LogP contribution >= 0.6 is 34.2 Å². The maximum absolute atomic E-state index is 6.19. The molecule has 0 spiro atoms. The van der Waals surface area contributed by atoms with Crippen LogP contribution in [0.15, 0.2) is 12.4 Å². The van der Waals surface area contributed by atoms with Crippen LogP contribution in [0.2, 0.25) is 5.02 Å². The van der Waals surface area contributed by atoms with Crippen molar-refractivity contribution >= 4 is 45.2 Å². The lowest BCUT2D eigenvalue weighted by molar-refractivity contribution is 0.490. The lowest BCUT2D eigenvalue weighted by Gasteiger charge is -2.09. The van der Waals surface area contributed by atoms with Crippen molar-refractivity contribution in [3.8, 4) is 0 Å². The molecule has 0 amide bonds. The van der Waals surface area contributed by atoms with Gasteiger partial charge in [-0.3, -0.25) is 0 Å². The van der Waals surface area contributed by atoms with E-state index < -0.39 is 0 Å². The van der Waals surface area contributed by atoms with Gasteiger partial charge in [-0.1, -0.05) is 18.5 Å². The van der Waals surface area contributed by atoms with Crippen molar-refractivity contribution < 1.29 is 0 Å². The summed E-state index contributed by atoms with van der Waals surface area (Å²) in [5, 5.41) is 6.01. The molecule has 0 aliphatic carbocycles. The minimum Gasteiger partial charge on any atom is -0.244 e. The van der Waals surface area contributed by atoms with E-state index >= 15 is 0 Å². The minimum atomic E-state index is 0.353. The Bertz CT molecular complexity index is 495. The van der Waals surface area contributed by atoms with Crippen molar-refractivity contribution in [3.05, 3.63) is 21.0 Å². The van der Waals surface area contributed by atoms with Crippen molar-refractivity contribution in [3.63, 3.8) is 0 Å². The molecule has 0 fully saturated rings. The van der Waals surface area contributed by atoms with E-state index in [1.165, 1.54) is 0 Å². The Morgan fingerprint density at radius 2 is 2.27 bits per heavy atom. The number of nitrogens with zero attached hydrogens (tertiary/aromatic N) is 3. The van der Waals surface area contributed by atoms with Crippen molar-refractivity contribution in [1.82, 2.24) is 14.8 Å². The molecule has 0 saturated carbocycles. The Kier molecular flexibility index (Phi) is 3.16. The van der Waals surface area contributed by atoms with Gasteiger partial charge in [0, 0.05) is 6.20 Å². The second kappa shape index (κ2) is 4.25. The topological polar surface area (TPSA) is 30.7 Å². The molecule has 2 heterocycles. The molecule has 15 heavy (non-hydrogen) atoms. The number of pyridine rings is 1. The Morgan fingerprint density at radius 3 is 2.93 bits per heavy atom. The first-order valence-electron chi connectivity index (χ1n) is 4.82. The number of halogens is 2. The first-order chi connectivity index (χ1) is 7.15. The second-order valence-corrected chi connectivity index (χ2v) is 5.04. The molecule has 0 aliphatic rings. The highest BCUT2D eigenvalue weighted by Crippen LogP contribution is 2.28. The molecule has 0 bridgehead atoms. The van der Waals surface area contributed by atoms with E-state index in [1.54, 1.807) is 12.4 Å². The third-order valence-corrected chi connectivity index (χ3v) is 4.07. The summed E-state index contributed by atoms with van der Waals surface area (Å²) in [6, 6.07) is 0.353. The van der Waals surface area contributed by atoms with Crippen molar-refractivity contribution in [2.75, 3.05) is 0 Å². The molecule has 1 atom stereocenters. The van der Waals surface area contributed by atoms with Crippen LogP contribution in [-0.4, -0.2) is 14.8 Å². The number of rotatable bonds is 2. The molecule has 0 aliphatic heterocycles. The Labute approximate surface area is 107 Å². The fraction of sp³-hybridized carbons (Fsp3) is 0.400. The lowest BCUT2D eigenvalue weighted by atomic mass is 10.2. The van der Waals surface area contributed by atoms with Crippen molar-refractivity contribution in [1.29, 1.82) is 0 Å². The predicted octanol–water partition coefficient (Wildman–Crippen LogP) is 3.66. The summed E-state index contributed by atoms with van der Waals surface area (Å²) in [5.41, 5.74) is 0.870. The van der Waals surface area contributed by atoms with E-state index in [-0.39, 0.29) is 0 Å². The van der Waals surface area contributed by atoms with Gasteiger partial charge in [0.2, 0.25) is 0 Å². The van der Waals surface area contributed by atoms with Gasteiger partial charge in [-0.05, 0) is 35.9 Å². The van der Waals surface area contributed by atoms with Gasteiger partial charge in [0.25, 0.3) is 0 Å². The number of fused-ring (bicyclic) bond motifs is 1. The van der Waals surface area contributed by atoms with Gasteiger partial charge in [0.15, 0.2) is 5.65 Å². The molecule has 1 unspecified atom stereocenters. The molecule has 2 aromatic heterocycles. The van der Waals surface area contributed by atoms with E-state index in [4.69, 9.17) is 11.6 Å². The number of aromatic nitrogens is 3. The normalized spacial score (nSPS) is 13.3. The summed E-state index contributed by atoms with van der Waals surface area (Å²) in [5.74, 6) is 0. The van der Waals surface area contributed by atoms with Crippen LogP contribution in [0.5, 0.6) is 0 Å². The van der Waals surface area contributed by atoms with Crippen LogP contribution in [0.1, 0.15) is 26.3 Å². The third-order valence-electron chi connectivity index (χ3n) is 2.52.